The summed E-state index contributed by atoms with van der Waals surface area (Å²) in [6.07, 6.45) is 0. The zero-order valence-electron chi connectivity index (χ0n) is 16.1. The summed E-state index contributed by atoms with van der Waals surface area (Å²) < 4.78 is 11.2. The van der Waals surface area contributed by atoms with E-state index in [9.17, 15) is 4.79 Å². The number of benzene rings is 2. The van der Waals surface area contributed by atoms with Gasteiger partial charge in [-0.15, -0.1) is 0 Å². The van der Waals surface area contributed by atoms with Crippen LogP contribution in [0.5, 0.6) is 11.5 Å². The van der Waals surface area contributed by atoms with Gasteiger partial charge in [-0.05, 0) is 44.4 Å². The van der Waals surface area contributed by atoms with Gasteiger partial charge in [-0.3, -0.25) is 9.80 Å². The van der Waals surface area contributed by atoms with Gasteiger partial charge in [-0.25, -0.2) is 4.79 Å². The summed E-state index contributed by atoms with van der Waals surface area (Å²) in [5, 5.41) is 0.884. The molecule has 2 amide bonds. The first-order valence-electron chi connectivity index (χ1n) is 8.90. The lowest BCUT2D eigenvalue weighted by Crippen LogP contribution is -2.31. The van der Waals surface area contributed by atoms with Gasteiger partial charge in [0.2, 0.25) is 0 Å². The van der Waals surface area contributed by atoms with Crippen molar-refractivity contribution in [3.8, 4) is 11.5 Å². The maximum atomic E-state index is 13.0. The summed E-state index contributed by atoms with van der Waals surface area (Å²) in [7, 11) is 5.57. The van der Waals surface area contributed by atoms with E-state index in [1.54, 1.807) is 35.1 Å². The monoisotopic (exact) mass is 423 g/mol. The molecule has 0 aliphatic carbocycles. The highest BCUT2D eigenvalue weighted by Crippen LogP contribution is 2.35. The van der Waals surface area contributed by atoms with Gasteiger partial charge in [0.25, 0.3) is 0 Å². The van der Waals surface area contributed by atoms with E-state index in [1.165, 1.54) is 0 Å². The minimum atomic E-state index is -0.122. The van der Waals surface area contributed by atoms with E-state index in [-0.39, 0.29) is 6.03 Å². The highest BCUT2D eigenvalue weighted by molar-refractivity contribution is 6.42. The van der Waals surface area contributed by atoms with E-state index in [4.69, 9.17) is 32.7 Å². The summed E-state index contributed by atoms with van der Waals surface area (Å²) in [5.41, 5.74) is 1.48. The number of ether oxygens (including phenoxy) is 2. The first-order chi connectivity index (χ1) is 13.4. The van der Waals surface area contributed by atoms with Crippen molar-refractivity contribution in [3.63, 3.8) is 0 Å². The molecule has 3 rings (SSSR count). The van der Waals surface area contributed by atoms with Crippen molar-refractivity contribution < 1.29 is 14.3 Å². The first-order valence-corrected chi connectivity index (χ1v) is 9.66. The van der Waals surface area contributed by atoms with Crippen LogP contribution < -0.4 is 19.3 Å². The van der Waals surface area contributed by atoms with Gasteiger partial charge in [0.15, 0.2) is 11.5 Å². The molecule has 2 aromatic rings. The van der Waals surface area contributed by atoms with Crippen LogP contribution in [0.4, 0.5) is 16.2 Å². The fourth-order valence-corrected chi connectivity index (χ4v) is 3.25. The summed E-state index contributed by atoms with van der Waals surface area (Å²) in [6, 6.07) is 10.6. The van der Waals surface area contributed by atoms with E-state index in [2.05, 4.69) is 0 Å². The number of halogens is 2. The number of carbonyl (C=O) groups is 1. The third kappa shape index (κ3) is 4.46. The molecule has 0 N–H and O–H groups in total. The van der Waals surface area contributed by atoms with Crippen molar-refractivity contribution in [1.82, 2.24) is 4.90 Å². The van der Waals surface area contributed by atoms with Gasteiger partial charge in [-0.1, -0.05) is 23.2 Å². The predicted octanol–water partition coefficient (Wildman–Crippen LogP) is 4.39. The average Bonchev–Trinajstić information content (AvgIpc) is 3.05. The van der Waals surface area contributed by atoms with E-state index in [1.807, 2.05) is 37.2 Å². The molecule has 0 unspecified atom stereocenters. The second-order valence-electron chi connectivity index (χ2n) is 6.67. The van der Waals surface area contributed by atoms with Crippen LogP contribution in [0, 0.1) is 0 Å². The van der Waals surface area contributed by atoms with Crippen LogP contribution in [-0.2, 0) is 0 Å². The quantitative estimate of drug-likeness (QED) is 0.662. The van der Waals surface area contributed by atoms with Gasteiger partial charge in [0.05, 0.1) is 17.2 Å². The zero-order chi connectivity index (χ0) is 20.3. The molecular formula is C20H23Cl2N3O3. The highest BCUT2D eigenvalue weighted by atomic mass is 35.5. The lowest BCUT2D eigenvalue weighted by Gasteiger charge is -2.21. The molecular weight excluding hydrogens is 401 g/mol. The standard InChI is InChI=1S/C20H23Cl2N3O3/c1-23(2)10-11-28-19-13-15(5-7-18(19)27-3)25-9-8-24(20(25)26)14-4-6-16(21)17(22)12-14/h4-7,12-13H,8-11H2,1-3H3. The van der Waals surface area contributed by atoms with Crippen LogP contribution in [0.1, 0.15) is 0 Å². The molecule has 0 spiro atoms. The van der Waals surface area contributed by atoms with E-state index in [0.29, 0.717) is 41.2 Å². The molecule has 0 saturated carbocycles. The van der Waals surface area contributed by atoms with Gasteiger partial charge >= 0.3 is 6.03 Å². The average molecular weight is 424 g/mol. The van der Waals surface area contributed by atoms with Gasteiger partial charge in [0.1, 0.15) is 6.61 Å². The Morgan fingerprint density at radius 3 is 2.21 bits per heavy atom. The molecule has 1 fully saturated rings. The van der Waals surface area contributed by atoms with Crippen molar-refractivity contribution in [1.29, 1.82) is 0 Å². The number of hydrogen-bond acceptors (Lipinski definition) is 4. The molecule has 150 valence electrons. The Labute approximate surface area is 175 Å². The Morgan fingerprint density at radius 1 is 0.964 bits per heavy atom. The molecule has 1 saturated heterocycles. The number of urea groups is 1. The topological polar surface area (TPSA) is 45.3 Å². The molecule has 0 aromatic heterocycles. The first kappa shape index (κ1) is 20.6. The van der Waals surface area contributed by atoms with Crippen LogP contribution in [0.15, 0.2) is 36.4 Å². The third-order valence-corrected chi connectivity index (χ3v) is 5.22. The number of carbonyl (C=O) groups excluding carboxylic acids is 1. The number of hydrogen-bond donors (Lipinski definition) is 0. The summed E-state index contributed by atoms with van der Waals surface area (Å²) in [6.45, 7) is 2.42. The number of anilines is 2. The van der Waals surface area contributed by atoms with Crippen LogP contribution in [0.25, 0.3) is 0 Å². The number of amides is 2. The summed E-state index contributed by atoms with van der Waals surface area (Å²) in [5.74, 6) is 1.25. The Bertz CT molecular complexity index is 861. The van der Waals surface area contributed by atoms with Crippen molar-refractivity contribution in [2.75, 3.05) is 57.2 Å². The molecule has 28 heavy (non-hydrogen) atoms. The lowest BCUT2D eigenvalue weighted by molar-refractivity contribution is 0.250. The zero-order valence-corrected chi connectivity index (χ0v) is 17.6. The Hall–Kier alpha value is -2.15. The second-order valence-corrected chi connectivity index (χ2v) is 7.49. The molecule has 1 heterocycles. The van der Waals surface area contributed by atoms with Gasteiger partial charge in [0, 0.05) is 37.1 Å². The van der Waals surface area contributed by atoms with Gasteiger partial charge < -0.3 is 14.4 Å². The van der Waals surface area contributed by atoms with E-state index in [0.717, 1.165) is 17.9 Å². The third-order valence-electron chi connectivity index (χ3n) is 4.48. The summed E-state index contributed by atoms with van der Waals surface area (Å²) >= 11 is 12.1. The van der Waals surface area contributed by atoms with Crippen LogP contribution in [0.3, 0.4) is 0 Å². The van der Waals surface area contributed by atoms with Crippen molar-refractivity contribution in [3.05, 3.63) is 46.4 Å². The normalized spacial score (nSPS) is 14.1. The number of nitrogens with zero attached hydrogens (tertiary/aromatic N) is 3. The number of methoxy groups -OCH3 is 1. The molecule has 1 aliphatic heterocycles. The van der Waals surface area contributed by atoms with Crippen LogP contribution in [-0.4, -0.2) is 58.4 Å². The molecule has 1 aliphatic rings. The fourth-order valence-electron chi connectivity index (χ4n) is 2.95. The fraction of sp³-hybridized carbons (Fsp3) is 0.350. The SMILES string of the molecule is COc1ccc(N2CCN(c3ccc(Cl)c(Cl)c3)C2=O)cc1OCCN(C)C. The number of likely N-dealkylation sites (N-methyl/N-ethyl adjacent to an activating group) is 1. The maximum absolute atomic E-state index is 13.0. The van der Waals surface area contributed by atoms with Gasteiger partial charge in [-0.2, -0.15) is 0 Å². The second kappa shape index (κ2) is 8.90. The van der Waals surface area contributed by atoms with Crippen molar-refractivity contribution >= 4 is 40.6 Å². The lowest BCUT2D eigenvalue weighted by atomic mass is 10.2. The summed E-state index contributed by atoms with van der Waals surface area (Å²) in [4.78, 5) is 18.4. The minimum Gasteiger partial charge on any atom is -0.493 e. The molecule has 8 heteroatoms. The van der Waals surface area contributed by atoms with E-state index >= 15 is 0 Å². The van der Waals surface area contributed by atoms with Crippen LogP contribution in [0.2, 0.25) is 10.0 Å². The number of rotatable bonds is 7. The molecule has 0 radical (unpaired) electrons. The Kier molecular flexibility index (Phi) is 6.54. The van der Waals surface area contributed by atoms with E-state index < -0.39 is 0 Å². The minimum absolute atomic E-state index is 0.122. The smallest absolute Gasteiger partial charge is 0.329 e. The molecule has 6 nitrogen and oxygen atoms in total. The Balaban J connectivity index is 1.79. The molecule has 0 bridgehead atoms. The van der Waals surface area contributed by atoms with Crippen molar-refractivity contribution in [2.45, 2.75) is 0 Å². The Morgan fingerprint density at radius 2 is 1.61 bits per heavy atom. The highest BCUT2D eigenvalue weighted by Gasteiger charge is 2.31. The molecule has 0 atom stereocenters. The van der Waals surface area contributed by atoms with Crippen molar-refractivity contribution in [2.24, 2.45) is 0 Å². The molecule has 2 aromatic carbocycles. The predicted molar refractivity (Wildman–Crippen MR) is 114 cm³/mol. The largest absolute Gasteiger partial charge is 0.493 e. The van der Waals surface area contributed by atoms with Crippen LogP contribution >= 0.6 is 23.2 Å². The maximum Gasteiger partial charge on any atom is 0.329 e.